The zero-order valence-corrected chi connectivity index (χ0v) is 15.9. The lowest BCUT2D eigenvalue weighted by molar-refractivity contribution is 0.0746. The first-order valence-corrected chi connectivity index (χ1v) is 9.48. The van der Waals surface area contributed by atoms with Crippen molar-refractivity contribution >= 4 is 11.3 Å². The molecule has 1 atom stereocenters. The molecule has 0 aliphatic rings. The van der Waals surface area contributed by atoms with Crippen LogP contribution < -0.4 is 4.74 Å². The Labute approximate surface area is 158 Å². The molecular formula is C21H24N2O2S. The van der Waals surface area contributed by atoms with E-state index in [0.717, 1.165) is 22.9 Å². The van der Waals surface area contributed by atoms with E-state index in [-0.39, 0.29) is 6.61 Å². The highest BCUT2D eigenvalue weighted by Gasteiger charge is 2.11. The van der Waals surface area contributed by atoms with E-state index in [4.69, 9.17) is 4.74 Å². The summed E-state index contributed by atoms with van der Waals surface area (Å²) in [6.45, 7) is 3.62. The van der Waals surface area contributed by atoms with Crippen molar-refractivity contribution in [1.29, 1.82) is 0 Å². The number of aliphatic hydroxyl groups is 1. The van der Waals surface area contributed by atoms with E-state index in [1.807, 2.05) is 62.6 Å². The number of hydrogen-bond acceptors (Lipinski definition) is 5. The molecule has 4 nitrogen and oxygen atoms in total. The molecule has 0 fully saturated rings. The van der Waals surface area contributed by atoms with Gasteiger partial charge in [0.25, 0.3) is 0 Å². The van der Waals surface area contributed by atoms with E-state index >= 15 is 0 Å². The van der Waals surface area contributed by atoms with Crippen LogP contribution in [-0.4, -0.2) is 41.3 Å². The van der Waals surface area contributed by atoms with E-state index in [0.29, 0.717) is 6.54 Å². The van der Waals surface area contributed by atoms with Gasteiger partial charge in [0.1, 0.15) is 18.5 Å². The van der Waals surface area contributed by atoms with Gasteiger partial charge in [0.05, 0.1) is 5.01 Å². The molecule has 5 heteroatoms. The topological polar surface area (TPSA) is 45.6 Å². The van der Waals surface area contributed by atoms with Gasteiger partial charge in [-0.05, 0) is 37.2 Å². The molecule has 0 aliphatic carbocycles. The molecule has 1 N–H and O–H groups in total. The Morgan fingerprint density at radius 3 is 2.42 bits per heavy atom. The van der Waals surface area contributed by atoms with E-state index in [9.17, 15) is 5.11 Å². The van der Waals surface area contributed by atoms with E-state index in [2.05, 4.69) is 22.0 Å². The van der Waals surface area contributed by atoms with E-state index in [1.165, 1.54) is 10.4 Å². The van der Waals surface area contributed by atoms with Crippen molar-refractivity contribution in [2.45, 2.75) is 19.6 Å². The summed E-state index contributed by atoms with van der Waals surface area (Å²) in [4.78, 5) is 7.54. The molecule has 0 radical (unpaired) electrons. The third kappa shape index (κ3) is 5.39. The average Bonchev–Trinajstić information content (AvgIpc) is 3.05. The van der Waals surface area contributed by atoms with Crippen molar-refractivity contribution < 1.29 is 9.84 Å². The molecule has 1 aromatic heterocycles. The lowest BCUT2D eigenvalue weighted by Crippen LogP contribution is -2.32. The van der Waals surface area contributed by atoms with Crippen LogP contribution in [0, 0.1) is 6.92 Å². The Balaban J connectivity index is 1.46. The molecule has 2 aromatic carbocycles. The summed E-state index contributed by atoms with van der Waals surface area (Å²) < 4.78 is 5.73. The number of likely N-dealkylation sites (N-methyl/N-ethyl adjacent to an activating group) is 1. The molecule has 136 valence electrons. The number of aryl methyl sites for hydroxylation is 1. The standard InChI is InChI=1S/C21H24N2O2S/c1-16-22-12-21(26-16)14-23(2)13-19(24)15-25-20-10-8-18(9-11-20)17-6-4-3-5-7-17/h3-12,19,24H,13-15H2,1-2H3/t19-/m1/s1. The Hall–Kier alpha value is -2.21. The van der Waals surface area contributed by atoms with E-state index < -0.39 is 6.10 Å². The van der Waals surface area contributed by atoms with Crippen molar-refractivity contribution in [3.8, 4) is 16.9 Å². The minimum Gasteiger partial charge on any atom is -0.491 e. The minimum atomic E-state index is -0.539. The SMILES string of the molecule is Cc1ncc(CN(C)C[C@@H](O)COc2ccc(-c3ccccc3)cc2)s1. The highest BCUT2D eigenvalue weighted by molar-refractivity contribution is 7.11. The molecule has 3 rings (SSSR count). The van der Waals surface area contributed by atoms with Gasteiger partial charge in [0, 0.05) is 24.2 Å². The fourth-order valence-corrected chi connectivity index (χ4v) is 3.66. The smallest absolute Gasteiger partial charge is 0.119 e. The van der Waals surface area contributed by atoms with Gasteiger partial charge in [-0.1, -0.05) is 42.5 Å². The zero-order chi connectivity index (χ0) is 18.4. The van der Waals surface area contributed by atoms with Crippen LogP contribution in [0.3, 0.4) is 0 Å². The van der Waals surface area contributed by atoms with Crippen molar-refractivity contribution in [2.75, 3.05) is 20.2 Å². The van der Waals surface area contributed by atoms with Gasteiger partial charge in [0.2, 0.25) is 0 Å². The fraction of sp³-hybridized carbons (Fsp3) is 0.286. The van der Waals surface area contributed by atoms with Gasteiger partial charge in [-0.25, -0.2) is 4.98 Å². The predicted molar refractivity (Wildman–Crippen MR) is 107 cm³/mol. The molecule has 0 saturated carbocycles. The summed E-state index contributed by atoms with van der Waals surface area (Å²) in [6.07, 6.45) is 1.36. The number of benzene rings is 2. The first-order valence-electron chi connectivity index (χ1n) is 8.66. The van der Waals surface area contributed by atoms with Crippen molar-refractivity contribution in [1.82, 2.24) is 9.88 Å². The maximum atomic E-state index is 10.2. The number of nitrogens with zero attached hydrogens (tertiary/aromatic N) is 2. The Morgan fingerprint density at radius 2 is 1.77 bits per heavy atom. The van der Waals surface area contributed by atoms with Crippen LogP contribution in [0.5, 0.6) is 5.75 Å². The molecular weight excluding hydrogens is 344 g/mol. The van der Waals surface area contributed by atoms with Crippen LogP contribution in [0.1, 0.15) is 9.88 Å². The number of aromatic nitrogens is 1. The zero-order valence-electron chi connectivity index (χ0n) is 15.1. The summed E-state index contributed by atoms with van der Waals surface area (Å²) in [5, 5.41) is 11.3. The molecule has 0 spiro atoms. The molecule has 3 aromatic rings. The molecule has 0 aliphatic heterocycles. The fourth-order valence-electron chi connectivity index (χ4n) is 2.79. The van der Waals surface area contributed by atoms with Crippen LogP contribution in [0.2, 0.25) is 0 Å². The average molecular weight is 369 g/mol. The predicted octanol–water partition coefficient (Wildman–Crippen LogP) is 3.99. The lowest BCUT2D eigenvalue weighted by atomic mass is 10.1. The van der Waals surface area contributed by atoms with Gasteiger partial charge in [-0.3, -0.25) is 4.90 Å². The Kier molecular flexibility index (Phi) is 6.39. The monoisotopic (exact) mass is 368 g/mol. The molecule has 0 unspecified atom stereocenters. The molecule has 0 amide bonds. The van der Waals surface area contributed by atoms with Gasteiger partial charge in [-0.2, -0.15) is 0 Å². The number of ether oxygens (including phenoxy) is 1. The largest absolute Gasteiger partial charge is 0.491 e. The number of hydrogen-bond donors (Lipinski definition) is 1. The number of thiazole rings is 1. The van der Waals surface area contributed by atoms with Crippen molar-refractivity contribution in [2.24, 2.45) is 0 Å². The van der Waals surface area contributed by atoms with Crippen molar-refractivity contribution in [3.63, 3.8) is 0 Å². The summed E-state index contributed by atoms with van der Waals surface area (Å²) in [7, 11) is 1.99. The lowest BCUT2D eigenvalue weighted by Gasteiger charge is -2.20. The summed E-state index contributed by atoms with van der Waals surface area (Å²) >= 11 is 1.69. The Bertz CT molecular complexity index is 802. The summed E-state index contributed by atoms with van der Waals surface area (Å²) in [5.41, 5.74) is 2.33. The van der Waals surface area contributed by atoms with E-state index in [1.54, 1.807) is 11.3 Å². The quantitative estimate of drug-likeness (QED) is 0.653. The molecule has 0 bridgehead atoms. The summed E-state index contributed by atoms with van der Waals surface area (Å²) in [6, 6.07) is 18.2. The highest BCUT2D eigenvalue weighted by Crippen LogP contribution is 2.22. The Morgan fingerprint density at radius 1 is 1.08 bits per heavy atom. The van der Waals surface area contributed by atoms with Crippen molar-refractivity contribution in [3.05, 3.63) is 70.7 Å². The van der Waals surface area contributed by atoms with Gasteiger partial charge >= 0.3 is 0 Å². The van der Waals surface area contributed by atoms with Gasteiger partial charge in [-0.15, -0.1) is 11.3 Å². The third-order valence-electron chi connectivity index (χ3n) is 4.02. The first-order chi connectivity index (χ1) is 12.6. The second-order valence-electron chi connectivity index (χ2n) is 6.40. The third-order valence-corrected chi connectivity index (χ3v) is 4.92. The normalized spacial score (nSPS) is 12.3. The first kappa shape index (κ1) is 18.6. The molecule has 1 heterocycles. The van der Waals surface area contributed by atoms with Crippen LogP contribution in [0.25, 0.3) is 11.1 Å². The summed E-state index contributed by atoms with van der Waals surface area (Å²) in [5.74, 6) is 0.768. The van der Waals surface area contributed by atoms with Gasteiger partial charge in [0.15, 0.2) is 0 Å². The number of rotatable bonds is 8. The molecule has 0 saturated heterocycles. The van der Waals surface area contributed by atoms with Crippen LogP contribution in [0.15, 0.2) is 60.8 Å². The highest BCUT2D eigenvalue weighted by atomic mass is 32.1. The number of aliphatic hydroxyl groups excluding tert-OH is 1. The maximum Gasteiger partial charge on any atom is 0.119 e. The maximum absolute atomic E-state index is 10.2. The molecule has 26 heavy (non-hydrogen) atoms. The van der Waals surface area contributed by atoms with Crippen LogP contribution in [-0.2, 0) is 6.54 Å². The van der Waals surface area contributed by atoms with Crippen LogP contribution in [0.4, 0.5) is 0 Å². The van der Waals surface area contributed by atoms with Gasteiger partial charge < -0.3 is 9.84 Å². The second-order valence-corrected chi connectivity index (χ2v) is 7.72. The second kappa shape index (κ2) is 8.94. The minimum absolute atomic E-state index is 0.275. The van der Waals surface area contributed by atoms with Crippen LogP contribution >= 0.6 is 11.3 Å².